The summed E-state index contributed by atoms with van der Waals surface area (Å²) in [6.07, 6.45) is 3.34. The molecule has 1 amide bonds. The lowest BCUT2D eigenvalue weighted by Gasteiger charge is -2.19. The molecule has 136 valence electrons. The van der Waals surface area contributed by atoms with Crippen LogP contribution in [0.25, 0.3) is 0 Å². The fourth-order valence-corrected chi connectivity index (χ4v) is 2.25. The van der Waals surface area contributed by atoms with Crippen LogP contribution in [-0.4, -0.2) is 43.3 Å². The van der Waals surface area contributed by atoms with Crippen molar-refractivity contribution in [2.24, 2.45) is 10.9 Å². The van der Waals surface area contributed by atoms with Crippen molar-refractivity contribution in [3.05, 3.63) is 0 Å². The molecule has 0 bridgehead atoms. The predicted molar refractivity (Wildman–Crippen MR) is 106 cm³/mol. The van der Waals surface area contributed by atoms with Crippen LogP contribution in [0.5, 0.6) is 0 Å². The van der Waals surface area contributed by atoms with Crippen LogP contribution in [0.3, 0.4) is 0 Å². The van der Waals surface area contributed by atoms with Gasteiger partial charge in [-0.05, 0) is 46.5 Å². The summed E-state index contributed by atoms with van der Waals surface area (Å²) >= 11 is 0. The Morgan fingerprint density at radius 2 is 1.96 bits per heavy atom. The Hall–Kier alpha value is -0.730. The fraction of sp³-hybridized carbons (Fsp3) is 0.875. The number of nitrogens with one attached hydrogen (secondary N) is 3. The molecular weight excluding hydrogens is 407 g/mol. The normalized spacial score (nSPS) is 20.3. The molecule has 3 N–H and O–H groups in total. The van der Waals surface area contributed by atoms with Gasteiger partial charge >= 0.3 is 6.09 Å². The van der Waals surface area contributed by atoms with Crippen molar-refractivity contribution in [2.75, 3.05) is 19.6 Å². The van der Waals surface area contributed by atoms with Gasteiger partial charge in [0, 0.05) is 19.1 Å². The third-order valence-corrected chi connectivity index (χ3v) is 3.30. The molecule has 6 nitrogen and oxygen atoms in total. The summed E-state index contributed by atoms with van der Waals surface area (Å²) in [7, 11) is 0. The number of ether oxygens (including phenoxy) is 1. The van der Waals surface area contributed by atoms with E-state index in [2.05, 4.69) is 27.9 Å². The number of aliphatic imine (C=N–C) groups is 1. The molecule has 0 aliphatic heterocycles. The quantitative estimate of drug-likeness (QED) is 0.246. The van der Waals surface area contributed by atoms with Crippen LogP contribution >= 0.6 is 24.0 Å². The van der Waals surface area contributed by atoms with Gasteiger partial charge in [0.25, 0.3) is 0 Å². The van der Waals surface area contributed by atoms with Crippen LogP contribution in [0, 0.1) is 5.92 Å². The van der Waals surface area contributed by atoms with E-state index in [1.54, 1.807) is 0 Å². The Kier molecular flexibility index (Phi) is 10.6. The maximum absolute atomic E-state index is 11.5. The molecule has 1 saturated carbocycles. The SMILES string of the molecule is CCCC1CC1NC(=NCCNC(=O)OC(C)(C)C)NCC.I. The molecular formula is C16H33IN4O2. The third-order valence-electron chi connectivity index (χ3n) is 3.30. The largest absolute Gasteiger partial charge is 0.444 e. The average molecular weight is 440 g/mol. The summed E-state index contributed by atoms with van der Waals surface area (Å²) in [4.78, 5) is 16.0. The predicted octanol–water partition coefficient (Wildman–Crippen LogP) is 2.87. The Bertz CT molecular complexity index is 383. The van der Waals surface area contributed by atoms with Crippen molar-refractivity contribution in [1.29, 1.82) is 0 Å². The van der Waals surface area contributed by atoms with Gasteiger partial charge in [-0.25, -0.2) is 4.79 Å². The van der Waals surface area contributed by atoms with E-state index in [-0.39, 0.29) is 24.0 Å². The molecule has 0 spiro atoms. The zero-order valence-corrected chi connectivity index (χ0v) is 17.4. The molecule has 1 rings (SSSR count). The second kappa shape index (κ2) is 10.9. The Balaban J connectivity index is 0.00000484. The highest BCUT2D eigenvalue weighted by atomic mass is 127. The van der Waals surface area contributed by atoms with Crippen LogP contribution in [0.2, 0.25) is 0 Å². The minimum atomic E-state index is -0.468. The van der Waals surface area contributed by atoms with Crippen molar-refractivity contribution < 1.29 is 9.53 Å². The van der Waals surface area contributed by atoms with E-state index in [0.717, 1.165) is 18.4 Å². The number of carbonyl (C=O) groups excluding carboxylic acids is 1. The first-order valence-electron chi connectivity index (χ1n) is 8.37. The lowest BCUT2D eigenvalue weighted by Crippen LogP contribution is -2.40. The van der Waals surface area contributed by atoms with Crippen molar-refractivity contribution in [1.82, 2.24) is 16.0 Å². The molecule has 2 atom stereocenters. The molecule has 0 heterocycles. The van der Waals surface area contributed by atoms with Gasteiger partial charge in [-0.1, -0.05) is 13.3 Å². The lowest BCUT2D eigenvalue weighted by atomic mass is 10.2. The van der Waals surface area contributed by atoms with Gasteiger partial charge in [0.2, 0.25) is 0 Å². The van der Waals surface area contributed by atoms with Crippen LogP contribution in [-0.2, 0) is 4.74 Å². The van der Waals surface area contributed by atoms with E-state index in [4.69, 9.17) is 4.74 Å². The number of rotatable bonds is 7. The first-order valence-corrected chi connectivity index (χ1v) is 8.37. The Morgan fingerprint density at radius 3 is 2.52 bits per heavy atom. The smallest absolute Gasteiger partial charge is 0.407 e. The van der Waals surface area contributed by atoms with Crippen LogP contribution in [0.15, 0.2) is 4.99 Å². The van der Waals surface area contributed by atoms with E-state index < -0.39 is 11.7 Å². The lowest BCUT2D eigenvalue weighted by molar-refractivity contribution is 0.0529. The number of carbonyl (C=O) groups is 1. The minimum absolute atomic E-state index is 0. The molecule has 0 aromatic heterocycles. The second-order valence-corrected chi connectivity index (χ2v) is 6.72. The van der Waals surface area contributed by atoms with Gasteiger partial charge < -0.3 is 20.7 Å². The molecule has 23 heavy (non-hydrogen) atoms. The van der Waals surface area contributed by atoms with Gasteiger partial charge in [0.1, 0.15) is 5.60 Å². The van der Waals surface area contributed by atoms with Crippen LogP contribution < -0.4 is 16.0 Å². The molecule has 7 heteroatoms. The molecule has 1 fully saturated rings. The fourth-order valence-electron chi connectivity index (χ4n) is 2.25. The summed E-state index contributed by atoms with van der Waals surface area (Å²) < 4.78 is 5.18. The maximum atomic E-state index is 11.5. The highest BCUT2D eigenvalue weighted by molar-refractivity contribution is 14.0. The number of alkyl carbamates (subject to hydrolysis) is 1. The van der Waals surface area contributed by atoms with Crippen LogP contribution in [0.4, 0.5) is 4.79 Å². The van der Waals surface area contributed by atoms with Gasteiger partial charge in [0.15, 0.2) is 5.96 Å². The van der Waals surface area contributed by atoms with Crippen molar-refractivity contribution in [3.8, 4) is 0 Å². The summed E-state index contributed by atoms with van der Waals surface area (Å²) in [5.41, 5.74) is -0.468. The topological polar surface area (TPSA) is 74.8 Å². The van der Waals surface area contributed by atoms with Gasteiger partial charge in [0.05, 0.1) is 6.54 Å². The molecule has 1 aliphatic carbocycles. The zero-order valence-electron chi connectivity index (χ0n) is 15.1. The van der Waals surface area contributed by atoms with Gasteiger partial charge in [-0.15, -0.1) is 24.0 Å². The van der Waals surface area contributed by atoms with E-state index in [0.29, 0.717) is 19.1 Å². The molecule has 0 saturated heterocycles. The zero-order chi connectivity index (χ0) is 16.6. The monoisotopic (exact) mass is 440 g/mol. The standard InChI is InChI=1S/C16H32N4O2.HI/c1-6-8-12-11-13(12)20-14(17-7-2)18-9-10-19-15(21)22-16(3,4)5;/h12-13H,6-11H2,1-5H3,(H,19,21)(H2,17,18,20);1H. The van der Waals surface area contributed by atoms with Crippen molar-refractivity contribution >= 4 is 36.0 Å². The molecule has 1 aliphatic rings. The number of halogens is 1. The number of amides is 1. The highest BCUT2D eigenvalue weighted by Gasteiger charge is 2.36. The van der Waals surface area contributed by atoms with E-state index in [9.17, 15) is 4.79 Å². The van der Waals surface area contributed by atoms with E-state index in [1.165, 1.54) is 19.3 Å². The summed E-state index contributed by atoms with van der Waals surface area (Å²) in [6.45, 7) is 11.6. The van der Waals surface area contributed by atoms with Gasteiger partial charge in [-0.2, -0.15) is 0 Å². The highest BCUT2D eigenvalue weighted by Crippen LogP contribution is 2.34. The third kappa shape index (κ3) is 10.6. The first kappa shape index (κ1) is 22.3. The summed E-state index contributed by atoms with van der Waals surface area (Å²) in [5, 5.41) is 9.40. The molecule has 0 aromatic rings. The number of guanidine groups is 1. The minimum Gasteiger partial charge on any atom is -0.444 e. The summed E-state index contributed by atoms with van der Waals surface area (Å²) in [5.74, 6) is 1.62. The van der Waals surface area contributed by atoms with Crippen molar-refractivity contribution in [3.63, 3.8) is 0 Å². The van der Waals surface area contributed by atoms with E-state index in [1.807, 2.05) is 27.7 Å². The second-order valence-electron chi connectivity index (χ2n) is 6.72. The Labute approximate surface area is 157 Å². The number of nitrogens with zero attached hydrogens (tertiary/aromatic N) is 1. The molecule has 0 aromatic carbocycles. The number of hydrogen-bond acceptors (Lipinski definition) is 3. The van der Waals surface area contributed by atoms with Gasteiger partial charge in [-0.3, -0.25) is 4.99 Å². The maximum Gasteiger partial charge on any atom is 0.407 e. The van der Waals surface area contributed by atoms with Crippen LogP contribution in [0.1, 0.15) is 53.9 Å². The molecule has 2 unspecified atom stereocenters. The number of hydrogen-bond donors (Lipinski definition) is 3. The Morgan fingerprint density at radius 1 is 1.26 bits per heavy atom. The van der Waals surface area contributed by atoms with E-state index >= 15 is 0 Å². The average Bonchev–Trinajstić information content (AvgIpc) is 3.11. The molecule has 0 radical (unpaired) electrons. The summed E-state index contributed by atoms with van der Waals surface area (Å²) in [6, 6.07) is 0.552. The first-order chi connectivity index (χ1) is 10.4. The van der Waals surface area contributed by atoms with Crippen molar-refractivity contribution in [2.45, 2.75) is 65.5 Å².